The second-order valence-corrected chi connectivity index (χ2v) is 3.61. The largest absolute Gasteiger partial charge is 0.504 e. The molecule has 1 aromatic carbocycles. The first kappa shape index (κ1) is 11.4. The predicted molar refractivity (Wildman–Crippen MR) is 61.0 cm³/mol. The first-order valence-corrected chi connectivity index (χ1v) is 4.83. The highest BCUT2D eigenvalue weighted by atomic mass is 16.3. The Morgan fingerprint density at radius 3 is 2.00 bits per heavy atom. The number of nitrogens with zero attached hydrogens (tertiary/aromatic N) is 2. The van der Waals surface area contributed by atoms with Crippen LogP contribution in [0.2, 0.25) is 0 Å². The van der Waals surface area contributed by atoms with Gasteiger partial charge in [-0.3, -0.25) is 9.59 Å². The van der Waals surface area contributed by atoms with E-state index in [1.165, 1.54) is 6.92 Å². The number of aromatic hydroxyl groups is 1. The van der Waals surface area contributed by atoms with Crippen LogP contribution in [0.5, 0.6) is 5.75 Å². The van der Waals surface area contributed by atoms with Crippen LogP contribution < -0.4 is 11.1 Å². The van der Waals surface area contributed by atoms with Gasteiger partial charge in [-0.1, -0.05) is 0 Å². The minimum atomic E-state index is -0.963. The second kappa shape index (κ2) is 3.75. The lowest BCUT2D eigenvalue weighted by Crippen LogP contribution is -2.29. The summed E-state index contributed by atoms with van der Waals surface area (Å²) in [5, 5.41) is 27.8. The highest BCUT2D eigenvalue weighted by Crippen LogP contribution is 2.30. The maximum absolute atomic E-state index is 11.2. The van der Waals surface area contributed by atoms with Crippen LogP contribution in [0.15, 0.2) is 9.59 Å². The summed E-state index contributed by atoms with van der Waals surface area (Å²) < 4.78 is 0. The van der Waals surface area contributed by atoms with Crippen molar-refractivity contribution in [1.29, 1.82) is 10.5 Å². The van der Waals surface area contributed by atoms with E-state index in [0.717, 1.165) is 0 Å². The number of aromatic amines is 2. The maximum Gasteiger partial charge on any atom is 0.314 e. The number of nitrogens with one attached hydrogen (secondary N) is 2. The molecule has 7 nitrogen and oxygen atoms in total. The molecule has 0 saturated heterocycles. The van der Waals surface area contributed by atoms with E-state index in [4.69, 9.17) is 10.5 Å². The van der Waals surface area contributed by atoms with Crippen LogP contribution in [0.1, 0.15) is 16.7 Å². The summed E-state index contributed by atoms with van der Waals surface area (Å²) in [6, 6.07) is 3.58. The fourth-order valence-corrected chi connectivity index (χ4v) is 1.72. The Hall–Kier alpha value is -3.06. The summed E-state index contributed by atoms with van der Waals surface area (Å²) in [4.78, 5) is 26.8. The molecule has 3 N–H and O–H groups in total. The molecule has 1 aromatic heterocycles. The Balaban J connectivity index is 3.22. The Morgan fingerprint density at radius 2 is 1.50 bits per heavy atom. The molecule has 88 valence electrons. The molecule has 1 heterocycles. The van der Waals surface area contributed by atoms with E-state index < -0.39 is 16.9 Å². The Labute approximate surface area is 99.5 Å². The quantitative estimate of drug-likeness (QED) is 0.558. The zero-order valence-corrected chi connectivity index (χ0v) is 9.16. The summed E-state index contributed by atoms with van der Waals surface area (Å²) in [5.74, 6) is -0.461. The third-order valence-corrected chi connectivity index (χ3v) is 2.63. The Kier molecular flexibility index (Phi) is 2.38. The monoisotopic (exact) mass is 242 g/mol. The molecule has 0 atom stereocenters. The van der Waals surface area contributed by atoms with Crippen LogP contribution in [-0.2, 0) is 0 Å². The van der Waals surface area contributed by atoms with E-state index in [0.29, 0.717) is 0 Å². The van der Waals surface area contributed by atoms with E-state index in [1.807, 2.05) is 6.07 Å². The van der Waals surface area contributed by atoms with Gasteiger partial charge in [0.15, 0.2) is 5.75 Å². The first-order valence-electron chi connectivity index (χ1n) is 4.83. The number of H-pyrrole nitrogens is 2. The predicted octanol–water partition coefficient (Wildman–Crippen LogP) is -0.0262. The summed E-state index contributed by atoms with van der Waals surface area (Å²) in [6.07, 6.45) is 0. The van der Waals surface area contributed by atoms with Gasteiger partial charge in [0.05, 0.1) is 11.1 Å². The number of benzene rings is 1. The smallest absolute Gasteiger partial charge is 0.314 e. The molecule has 0 bridgehead atoms. The summed E-state index contributed by atoms with van der Waals surface area (Å²) in [5.41, 5.74) is -1.84. The molecule has 2 rings (SSSR count). The molecule has 0 radical (unpaired) electrons. The normalized spacial score (nSPS) is 9.94. The van der Waals surface area contributed by atoms with Gasteiger partial charge in [0.1, 0.15) is 23.2 Å². The Morgan fingerprint density at radius 1 is 1.00 bits per heavy atom. The van der Waals surface area contributed by atoms with Crippen molar-refractivity contribution in [3.63, 3.8) is 0 Å². The van der Waals surface area contributed by atoms with Crippen molar-refractivity contribution in [3.05, 3.63) is 37.4 Å². The van der Waals surface area contributed by atoms with E-state index in [9.17, 15) is 14.7 Å². The van der Waals surface area contributed by atoms with Gasteiger partial charge in [-0.2, -0.15) is 10.5 Å². The lowest BCUT2D eigenvalue weighted by atomic mass is 10.0. The van der Waals surface area contributed by atoms with Crippen molar-refractivity contribution < 1.29 is 5.11 Å². The van der Waals surface area contributed by atoms with Gasteiger partial charge in [-0.05, 0) is 12.5 Å². The number of fused-ring (bicyclic) bond motifs is 1. The van der Waals surface area contributed by atoms with E-state index >= 15 is 0 Å². The molecule has 0 unspecified atom stereocenters. The van der Waals surface area contributed by atoms with Gasteiger partial charge in [0.2, 0.25) is 0 Å². The van der Waals surface area contributed by atoms with E-state index in [2.05, 4.69) is 9.97 Å². The molecule has 0 spiro atoms. The average molecular weight is 242 g/mol. The minimum Gasteiger partial charge on any atom is -0.504 e. The van der Waals surface area contributed by atoms with Crippen molar-refractivity contribution in [2.75, 3.05) is 0 Å². The molecule has 18 heavy (non-hydrogen) atoms. The Bertz CT molecular complexity index is 861. The van der Waals surface area contributed by atoms with Crippen molar-refractivity contribution >= 4 is 11.0 Å². The lowest BCUT2D eigenvalue weighted by molar-refractivity contribution is 0.478. The van der Waals surface area contributed by atoms with E-state index in [-0.39, 0.29) is 27.7 Å². The SMILES string of the molecule is Cc1c(C#N)c(O)c2[nH]c(=O)c(=O)[nH]c2c1C#N. The molecule has 2 aromatic rings. The van der Waals surface area contributed by atoms with Crippen LogP contribution >= 0.6 is 0 Å². The van der Waals surface area contributed by atoms with E-state index in [1.54, 1.807) is 6.07 Å². The molecule has 0 aliphatic rings. The third kappa shape index (κ3) is 1.35. The van der Waals surface area contributed by atoms with Crippen LogP contribution in [0, 0.1) is 29.6 Å². The highest BCUT2D eigenvalue weighted by molar-refractivity contribution is 5.90. The van der Waals surface area contributed by atoms with Crippen LogP contribution in [0.25, 0.3) is 11.0 Å². The molecule has 0 aliphatic carbocycles. The summed E-state index contributed by atoms with van der Waals surface area (Å²) in [7, 11) is 0. The van der Waals surface area contributed by atoms with Gasteiger partial charge in [0, 0.05) is 0 Å². The highest BCUT2D eigenvalue weighted by Gasteiger charge is 2.18. The first-order chi connectivity index (χ1) is 8.51. The summed E-state index contributed by atoms with van der Waals surface area (Å²) >= 11 is 0. The number of aromatic nitrogens is 2. The number of phenolic OH excluding ortho intramolecular Hbond substituents is 1. The van der Waals surface area contributed by atoms with Crippen LogP contribution in [0.4, 0.5) is 0 Å². The van der Waals surface area contributed by atoms with Gasteiger partial charge in [-0.25, -0.2) is 0 Å². The standard InChI is InChI=1S/C11H6N4O3/c1-4-5(2-12)7-8(9(16)6(4)3-13)15-11(18)10(17)14-7/h16H,1H3,(H,14,17)(H,15,18). The number of phenols is 1. The molecular weight excluding hydrogens is 236 g/mol. The second-order valence-electron chi connectivity index (χ2n) is 3.61. The van der Waals surface area contributed by atoms with Gasteiger partial charge < -0.3 is 15.1 Å². The average Bonchev–Trinajstić information content (AvgIpc) is 2.33. The minimum absolute atomic E-state index is 0.0103. The number of hydrogen-bond donors (Lipinski definition) is 3. The number of hydrogen-bond acceptors (Lipinski definition) is 5. The van der Waals surface area contributed by atoms with Crippen molar-refractivity contribution in [2.24, 2.45) is 0 Å². The van der Waals surface area contributed by atoms with Crippen molar-refractivity contribution in [2.45, 2.75) is 6.92 Å². The van der Waals surface area contributed by atoms with Crippen LogP contribution in [0.3, 0.4) is 0 Å². The van der Waals surface area contributed by atoms with Gasteiger partial charge in [0.25, 0.3) is 0 Å². The molecule has 7 heteroatoms. The van der Waals surface area contributed by atoms with Crippen molar-refractivity contribution in [1.82, 2.24) is 9.97 Å². The molecule has 0 saturated carbocycles. The maximum atomic E-state index is 11.2. The molecular formula is C11H6N4O3. The van der Waals surface area contributed by atoms with Crippen LogP contribution in [-0.4, -0.2) is 15.1 Å². The number of nitriles is 2. The summed E-state index contributed by atoms with van der Waals surface area (Å²) in [6.45, 7) is 1.47. The fraction of sp³-hybridized carbons (Fsp3) is 0.0909. The molecule has 0 aliphatic heterocycles. The van der Waals surface area contributed by atoms with Gasteiger partial charge >= 0.3 is 11.1 Å². The zero-order chi connectivity index (χ0) is 13.4. The third-order valence-electron chi connectivity index (χ3n) is 2.63. The topological polar surface area (TPSA) is 134 Å². The van der Waals surface area contributed by atoms with Gasteiger partial charge in [-0.15, -0.1) is 0 Å². The fourth-order valence-electron chi connectivity index (χ4n) is 1.72. The lowest BCUT2D eigenvalue weighted by Gasteiger charge is -2.08. The van der Waals surface area contributed by atoms with Crippen molar-refractivity contribution in [3.8, 4) is 17.9 Å². The zero-order valence-electron chi connectivity index (χ0n) is 9.16. The number of rotatable bonds is 0. The molecule has 0 amide bonds. The molecule has 0 fully saturated rings.